The summed E-state index contributed by atoms with van der Waals surface area (Å²) < 4.78 is 26.0. The van der Waals surface area contributed by atoms with Gasteiger partial charge in [0.2, 0.25) is 0 Å². The fourth-order valence-corrected chi connectivity index (χ4v) is 8.32. The number of nitrogens with one attached hydrogen (secondary N) is 2. The molecule has 2 N–H and O–H groups in total. The zero-order chi connectivity index (χ0) is 28.8. The molecule has 216 valence electrons. The Hall–Kier alpha value is -2.56. The molecule has 1 saturated heterocycles. The predicted octanol–water partition coefficient (Wildman–Crippen LogP) is 4.45. The number of pyridine rings is 1. The lowest BCUT2D eigenvalue weighted by Crippen LogP contribution is -2.58. The van der Waals surface area contributed by atoms with E-state index in [1.165, 1.54) is 18.0 Å². The first kappa shape index (κ1) is 29.0. The minimum absolute atomic E-state index is 0.166. The van der Waals surface area contributed by atoms with E-state index in [-0.39, 0.29) is 29.3 Å². The molecule has 2 aromatic heterocycles. The van der Waals surface area contributed by atoms with E-state index in [9.17, 15) is 18.0 Å². The maximum atomic E-state index is 13.6. The van der Waals surface area contributed by atoms with Crippen LogP contribution in [0.2, 0.25) is 0 Å². The van der Waals surface area contributed by atoms with Crippen molar-refractivity contribution in [1.29, 1.82) is 0 Å². The third-order valence-corrected chi connectivity index (χ3v) is 11.4. The van der Waals surface area contributed by atoms with E-state index >= 15 is 0 Å². The lowest BCUT2D eigenvalue weighted by Gasteiger charge is -2.46. The molecule has 0 bridgehead atoms. The molecule has 5 rings (SSSR count). The number of thioether (sulfide) groups is 1. The zero-order valence-corrected chi connectivity index (χ0v) is 25.6. The van der Waals surface area contributed by atoms with E-state index in [0.29, 0.717) is 36.2 Å². The van der Waals surface area contributed by atoms with Crippen LogP contribution in [-0.2, 0) is 16.4 Å². The fourth-order valence-electron chi connectivity index (χ4n) is 6.69. The van der Waals surface area contributed by atoms with Gasteiger partial charge in [0, 0.05) is 70.7 Å². The zero-order valence-electron chi connectivity index (χ0n) is 24.0. The molecule has 2 aliphatic rings. The number of benzene rings is 1. The van der Waals surface area contributed by atoms with Gasteiger partial charge in [-0.2, -0.15) is 0 Å². The van der Waals surface area contributed by atoms with E-state index in [2.05, 4.69) is 32.8 Å². The van der Waals surface area contributed by atoms with Crippen LogP contribution in [0.5, 0.6) is 0 Å². The normalized spacial score (nSPS) is 21.3. The van der Waals surface area contributed by atoms with Crippen molar-refractivity contribution in [3.8, 4) is 0 Å². The SMILES string of the molecule is CSc1cc(C)[nH]c(=O)c1CNC(=O)c1c(C)n([C@H](C)C2CCC(N3CC(S(C)(=O)=O)C3)CC2)c2ccccc12. The number of likely N-dealkylation sites (tertiary alicyclic amines) is 1. The molecule has 10 heteroatoms. The van der Waals surface area contributed by atoms with E-state index < -0.39 is 9.84 Å². The Morgan fingerprint density at radius 1 is 1.15 bits per heavy atom. The highest BCUT2D eigenvalue weighted by Crippen LogP contribution is 2.39. The average molecular weight is 585 g/mol. The molecular formula is C30H40N4O4S2. The smallest absolute Gasteiger partial charge is 0.254 e. The van der Waals surface area contributed by atoms with E-state index in [1.807, 2.05) is 44.4 Å². The Morgan fingerprint density at radius 3 is 2.48 bits per heavy atom. The Morgan fingerprint density at radius 2 is 1.82 bits per heavy atom. The van der Waals surface area contributed by atoms with Gasteiger partial charge in [0.25, 0.3) is 11.5 Å². The Bertz CT molecular complexity index is 1580. The van der Waals surface area contributed by atoms with Crippen molar-refractivity contribution in [1.82, 2.24) is 19.8 Å². The number of nitrogens with zero attached hydrogens (tertiary/aromatic N) is 2. The summed E-state index contributed by atoms with van der Waals surface area (Å²) in [6.45, 7) is 7.63. The molecule has 1 amide bonds. The second-order valence-corrected chi connectivity index (χ2v) is 14.7. The van der Waals surface area contributed by atoms with Gasteiger partial charge in [0.15, 0.2) is 9.84 Å². The number of rotatable bonds is 8. The average Bonchev–Trinajstić information content (AvgIpc) is 3.17. The number of hydrogen-bond donors (Lipinski definition) is 2. The summed E-state index contributed by atoms with van der Waals surface area (Å²) in [4.78, 5) is 32.3. The van der Waals surface area contributed by atoms with E-state index in [4.69, 9.17) is 0 Å². The molecule has 1 aromatic carbocycles. The third-order valence-electron chi connectivity index (χ3n) is 9.09. The van der Waals surface area contributed by atoms with Crippen LogP contribution < -0.4 is 10.9 Å². The van der Waals surface area contributed by atoms with Crippen LogP contribution in [0, 0.1) is 19.8 Å². The Balaban J connectivity index is 1.32. The molecule has 8 nitrogen and oxygen atoms in total. The van der Waals surface area contributed by atoms with E-state index in [0.717, 1.165) is 52.9 Å². The van der Waals surface area contributed by atoms with Crippen molar-refractivity contribution in [2.45, 2.75) is 75.2 Å². The maximum absolute atomic E-state index is 13.6. The second-order valence-electron chi connectivity index (χ2n) is 11.6. The minimum Gasteiger partial charge on any atom is -0.348 e. The van der Waals surface area contributed by atoms with Gasteiger partial charge in [-0.25, -0.2) is 8.42 Å². The van der Waals surface area contributed by atoms with Crippen molar-refractivity contribution < 1.29 is 13.2 Å². The monoisotopic (exact) mass is 584 g/mol. The molecule has 1 atom stereocenters. The topological polar surface area (TPSA) is 104 Å². The molecule has 40 heavy (non-hydrogen) atoms. The van der Waals surface area contributed by atoms with Crippen LogP contribution in [0.3, 0.4) is 0 Å². The summed E-state index contributed by atoms with van der Waals surface area (Å²) in [5, 5.41) is 3.74. The number of aryl methyl sites for hydroxylation is 1. The van der Waals surface area contributed by atoms with Crippen LogP contribution in [-0.4, -0.2) is 65.7 Å². The van der Waals surface area contributed by atoms with Crippen LogP contribution in [0.4, 0.5) is 0 Å². The number of carbonyl (C=O) groups is 1. The number of aromatic amines is 1. The number of sulfone groups is 1. The lowest BCUT2D eigenvalue weighted by atomic mass is 9.80. The van der Waals surface area contributed by atoms with Gasteiger partial charge >= 0.3 is 0 Å². The summed E-state index contributed by atoms with van der Waals surface area (Å²) in [7, 11) is -2.95. The van der Waals surface area contributed by atoms with Crippen molar-refractivity contribution in [3.05, 3.63) is 63.2 Å². The summed E-state index contributed by atoms with van der Waals surface area (Å²) >= 11 is 1.50. The number of para-hydroxylation sites is 1. The Kier molecular flexibility index (Phi) is 8.23. The number of amides is 1. The highest BCUT2D eigenvalue weighted by molar-refractivity contribution is 7.98. The molecule has 3 heterocycles. The van der Waals surface area contributed by atoms with Gasteiger partial charge in [0.1, 0.15) is 0 Å². The molecule has 1 saturated carbocycles. The van der Waals surface area contributed by atoms with Crippen molar-refractivity contribution >= 4 is 38.4 Å². The molecule has 0 unspecified atom stereocenters. The highest BCUT2D eigenvalue weighted by atomic mass is 32.2. The quantitative estimate of drug-likeness (QED) is 0.379. The van der Waals surface area contributed by atoms with Gasteiger partial charge in [-0.3, -0.25) is 14.5 Å². The fraction of sp³-hybridized carbons (Fsp3) is 0.533. The van der Waals surface area contributed by atoms with Gasteiger partial charge in [0.05, 0.1) is 10.8 Å². The molecule has 3 aromatic rings. The first-order valence-electron chi connectivity index (χ1n) is 14.1. The number of H-pyrrole nitrogens is 1. The summed E-state index contributed by atoms with van der Waals surface area (Å²) in [6, 6.07) is 10.7. The van der Waals surface area contributed by atoms with Crippen LogP contribution in [0.1, 0.15) is 66.0 Å². The highest BCUT2D eigenvalue weighted by Gasteiger charge is 2.40. The summed E-state index contributed by atoms with van der Waals surface area (Å²) in [5.74, 6) is 0.303. The predicted molar refractivity (Wildman–Crippen MR) is 162 cm³/mol. The molecular weight excluding hydrogens is 544 g/mol. The van der Waals surface area contributed by atoms with Crippen LogP contribution in [0.15, 0.2) is 40.0 Å². The van der Waals surface area contributed by atoms with Crippen molar-refractivity contribution in [2.24, 2.45) is 5.92 Å². The molecule has 0 radical (unpaired) electrons. The summed E-state index contributed by atoms with van der Waals surface area (Å²) in [5.41, 5.74) is 3.86. The minimum atomic E-state index is -2.95. The number of hydrogen-bond acceptors (Lipinski definition) is 6. The Labute approximate surface area is 240 Å². The lowest BCUT2D eigenvalue weighted by molar-refractivity contribution is 0.0743. The largest absolute Gasteiger partial charge is 0.348 e. The molecule has 0 spiro atoms. The summed E-state index contributed by atoms with van der Waals surface area (Å²) in [6.07, 6.45) is 7.57. The van der Waals surface area contributed by atoms with Gasteiger partial charge in [-0.15, -0.1) is 11.8 Å². The van der Waals surface area contributed by atoms with Crippen LogP contribution in [0.25, 0.3) is 10.9 Å². The van der Waals surface area contributed by atoms with E-state index in [1.54, 1.807) is 0 Å². The number of fused-ring (bicyclic) bond motifs is 1. The first-order chi connectivity index (χ1) is 19.0. The number of aromatic nitrogens is 2. The number of carbonyl (C=O) groups excluding carboxylic acids is 1. The standard InChI is InChI=1S/C30H40N4O4S2/c1-18-14-27(39-4)25(29(35)32-18)15-31-30(36)28-20(3)34(26-9-7-6-8-24(26)28)19(2)21-10-12-22(13-11-21)33-16-23(17-33)40(5,37)38/h6-9,14,19,21-23H,10-13,15-17H2,1-5H3,(H,31,36)(H,32,35)/t19-,21?,22?/m1/s1. The van der Waals surface area contributed by atoms with Gasteiger partial charge < -0.3 is 14.9 Å². The molecule has 1 aliphatic carbocycles. The van der Waals surface area contributed by atoms with Gasteiger partial charge in [-0.05, 0) is 70.8 Å². The maximum Gasteiger partial charge on any atom is 0.254 e. The second kappa shape index (κ2) is 11.4. The third kappa shape index (κ3) is 5.50. The molecule has 1 aliphatic heterocycles. The first-order valence-corrected chi connectivity index (χ1v) is 17.2. The van der Waals surface area contributed by atoms with Crippen molar-refractivity contribution in [2.75, 3.05) is 25.6 Å². The van der Waals surface area contributed by atoms with Crippen LogP contribution >= 0.6 is 11.8 Å². The molecule has 2 fully saturated rings. The van der Waals surface area contributed by atoms with Crippen molar-refractivity contribution in [3.63, 3.8) is 0 Å². The van der Waals surface area contributed by atoms with Gasteiger partial charge in [-0.1, -0.05) is 18.2 Å².